The Morgan fingerprint density at radius 3 is 2.52 bits per heavy atom. The van der Waals surface area contributed by atoms with Crippen LogP contribution in [-0.2, 0) is 4.74 Å². The van der Waals surface area contributed by atoms with Crippen molar-refractivity contribution in [2.45, 2.75) is 26.4 Å². The molecule has 1 fully saturated rings. The van der Waals surface area contributed by atoms with Gasteiger partial charge >= 0.3 is 6.09 Å². The predicted octanol–water partition coefficient (Wildman–Crippen LogP) is 3.07. The molecule has 3 aromatic rings. The van der Waals surface area contributed by atoms with Gasteiger partial charge in [-0.2, -0.15) is 0 Å². The average molecular weight is 425 g/mol. The second-order valence-electron chi connectivity index (χ2n) is 8.51. The highest BCUT2D eigenvalue weighted by atomic mass is 16.6. The molecule has 1 aliphatic rings. The Bertz CT molecular complexity index is 1100. The Hall–Kier alpha value is -3.49. The normalized spacial score (nSPS) is 14.7. The number of pyridine rings is 1. The number of aromatic nitrogens is 3. The van der Waals surface area contributed by atoms with Crippen LogP contribution in [0.3, 0.4) is 0 Å². The number of methoxy groups -OCH3 is 1. The predicted molar refractivity (Wildman–Crippen MR) is 120 cm³/mol. The molecular weight excluding hydrogens is 396 g/mol. The second-order valence-corrected chi connectivity index (χ2v) is 8.51. The van der Waals surface area contributed by atoms with E-state index in [-0.39, 0.29) is 6.09 Å². The van der Waals surface area contributed by atoms with Gasteiger partial charge in [-0.05, 0) is 39.0 Å². The summed E-state index contributed by atoms with van der Waals surface area (Å²) in [6.45, 7) is 8.12. The van der Waals surface area contributed by atoms with E-state index < -0.39 is 5.60 Å². The van der Waals surface area contributed by atoms with Gasteiger partial charge in [-0.3, -0.25) is 0 Å². The average Bonchev–Trinajstić information content (AvgIpc) is 3.08. The molecule has 0 aliphatic carbocycles. The van der Waals surface area contributed by atoms with Gasteiger partial charge in [-0.15, -0.1) is 5.10 Å². The minimum absolute atomic E-state index is 0.277. The SMILES string of the molecule is COc1ccc2c(N)nn(-c3ccnc(N4CCN(C(=O)OC(C)(C)C)CC4)c3)c2c1. The zero-order valence-electron chi connectivity index (χ0n) is 18.3. The van der Waals surface area contributed by atoms with Gasteiger partial charge in [-0.1, -0.05) is 0 Å². The Labute approximate surface area is 181 Å². The van der Waals surface area contributed by atoms with Gasteiger partial charge in [0.2, 0.25) is 0 Å². The molecule has 9 nitrogen and oxygen atoms in total. The quantitative estimate of drug-likeness (QED) is 0.690. The number of ether oxygens (including phenoxy) is 2. The van der Waals surface area contributed by atoms with Crippen molar-refractivity contribution in [2.75, 3.05) is 43.9 Å². The topological polar surface area (TPSA) is 98.7 Å². The minimum atomic E-state index is -0.499. The maximum atomic E-state index is 12.3. The molecule has 4 rings (SSSR count). The van der Waals surface area contributed by atoms with E-state index in [2.05, 4.69) is 15.0 Å². The molecule has 0 radical (unpaired) electrons. The van der Waals surface area contributed by atoms with Crippen LogP contribution >= 0.6 is 0 Å². The molecule has 9 heteroatoms. The number of fused-ring (bicyclic) bond motifs is 1. The highest BCUT2D eigenvalue weighted by Gasteiger charge is 2.26. The molecule has 2 N–H and O–H groups in total. The van der Waals surface area contributed by atoms with Crippen molar-refractivity contribution in [3.63, 3.8) is 0 Å². The van der Waals surface area contributed by atoms with E-state index in [9.17, 15) is 4.79 Å². The van der Waals surface area contributed by atoms with Gasteiger partial charge in [0.1, 0.15) is 17.2 Å². The molecular formula is C22H28N6O3. The van der Waals surface area contributed by atoms with E-state index in [0.717, 1.165) is 28.2 Å². The van der Waals surface area contributed by atoms with E-state index in [1.165, 1.54) is 0 Å². The summed E-state index contributed by atoms with van der Waals surface area (Å²) in [5, 5.41) is 5.38. The molecule has 0 saturated carbocycles. The highest BCUT2D eigenvalue weighted by molar-refractivity contribution is 5.91. The lowest BCUT2D eigenvalue weighted by Crippen LogP contribution is -2.50. The maximum absolute atomic E-state index is 12.3. The fourth-order valence-electron chi connectivity index (χ4n) is 3.60. The van der Waals surface area contributed by atoms with Crippen molar-refractivity contribution in [3.8, 4) is 11.4 Å². The summed E-state index contributed by atoms with van der Waals surface area (Å²) < 4.78 is 12.6. The lowest BCUT2D eigenvalue weighted by molar-refractivity contribution is 0.0240. The monoisotopic (exact) mass is 424 g/mol. The van der Waals surface area contributed by atoms with Crippen molar-refractivity contribution >= 4 is 28.6 Å². The van der Waals surface area contributed by atoms with Gasteiger partial charge in [0, 0.05) is 49.9 Å². The van der Waals surface area contributed by atoms with E-state index >= 15 is 0 Å². The standard InChI is InChI=1S/C22H28N6O3/c1-22(2,3)31-21(29)27-11-9-26(10-12-27)19-13-15(7-8-24-19)28-18-14-16(30-4)5-6-17(18)20(23)25-28/h5-8,13-14H,9-12H2,1-4H3,(H2,23,25). The third kappa shape index (κ3) is 4.35. The number of benzene rings is 1. The lowest BCUT2D eigenvalue weighted by Gasteiger charge is -2.36. The van der Waals surface area contributed by atoms with Crippen LogP contribution in [0.15, 0.2) is 36.5 Å². The number of carbonyl (C=O) groups is 1. The molecule has 3 heterocycles. The number of hydrogen-bond acceptors (Lipinski definition) is 7. The van der Waals surface area contributed by atoms with Crippen molar-refractivity contribution in [3.05, 3.63) is 36.5 Å². The zero-order chi connectivity index (χ0) is 22.2. The van der Waals surface area contributed by atoms with Gasteiger partial charge in [0.05, 0.1) is 18.3 Å². The molecule has 1 saturated heterocycles. The van der Waals surface area contributed by atoms with Gasteiger partial charge < -0.3 is 25.0 Å². The molecule has 1 amide bonds. The molecule has 2 aromatic heterocycles. The van der Waals surface area contributed by atoms with Gasteiger partial charge in [0.25, 0.3) is 0 Å². The summed E-state index contributed by atoms with van der Waals surface area (Å²) >= 11 is 0. The molecule has 0 spiro atoms. The van der Waals surface area contributed by atoms with Crippen LogP contribution in [0.4, 0.5) is 16.4 Å². The zero-order valence-corrected chi connectivity index (χ0v) is 18.3. The third-order valence-electron chi connectivity index (χ3n) is 5.15. The number of anilines is 2. The van der Waals surface area contributed by atoms with Crippen molar-refractivity contribution in [1.82, 2.24) is 19.7 Å². The number of carbonyl (C=O) groups excluding carboxylic acids is 1. The van der Waals surface area contributed by atoms with Crippen LogP contribution < -0.4 is 15.4 Å². The van der Waals surface area contributed by atoms with Crippen molar-refractivity contribution in [1.29, 1.82) is 0 Å². The first-order valence-electron chi connectivity index (χ1n) is 10.3. The maximum Gasteiger partial charge on any atom is 0.410 e. The Balaban J connectivity index is 1.54. The Kier molecular flexibility index (Phi) is 5.34. The van der Waals surface area contributed by atoms with Crippen molar-refractivity contribution in [2.24, 2.45) is 0 Å². The highest BCUT2D eigenvalue weighted by Crippen LogP contribution is 2.28. The minimum Gasteiger partial charge on any atom is -0.497 e. The smallest absolute Gasteiger partial charge is 0.410 e. The van der Waals surface area contributed by atoms with Gasteiger partial charge in [-0.25, -0.2) is 14.5 Å². The third-order valence-corrected chi connectivity index (χ3v) is 5.15. The first-order chi connectivity index (χ1) is 14.7. The van der Waals surface area contributed by atoms with Gasteiger partial charge in [0.15, 0.2) is 5.82 Å². The van der Waals surface area contributed by atoms with Crippen LogP contribution in [0.5, 0.6) is 5.75 Å². The Morgan fingerprint density at radius 2 is 1.84 bits per heavy atom. The molecule has 1 aromatic carbocycles. The number of piperazine rings is 1. The summed E-state index contributed by atoms with van der Waals surface area (Å²) in [5.74, 6) is 2.02. The Morgan fingerprint density at radius 1 is 1.10 bits per heavy atom. The van der Waals surface area contributed by atoms with E-state index in [1.807, 2.05) is 51.1 Å². The molecule has 0 unspecified atom stereocenters. The number of rotatable bonds is 3. The number of nitrogens with two attached hydrogens (primary N) is 1. The molecule has 31 heavy (non-hydrogen) atoms. The summed E-state index contributed by atoms with van der Waals surface area (Å²) in [6, 6.07) is 9.57. The molecule has 164 valence electrons. The molecule has 1 aliphatic heterocycles. The van der Waals surface area contributed by atoms with Crippen molar-refractivity contribution < 1.29 is 14.3 Å². The summed E-state index contributed by atoms with van der Waals surface area (Å²) in [4.78, 5) is 20.7. The first kappa shape index (κ1) is 20.8. The summed E-state index contributed by atoms with van der Waals surface area (Å²) in [6.07, 6.45) is 1.48. The fourth-order valence-corrected chi connectivity index (χ4v) is 3.60. The van der Waals surface area contributed by atoms with E-state index in [1.54, 1.807) is 22.9 Å². The molecule has 0 atom stereocenters. The number of nitrogens with zero attached hydrogens (tertiary/aromatic N) is 5. The van der Waals surface area contributed by atoms with Crippen LogP contribution in [0, 0.1) is 0 Å². The molecule has 0 bridgehead atoms. The van der Waals surface area contributed by atoms with E-state index in [0.29, 0.717) is 32.0 Å². The van der Waals surface area contributed by atoms with Crippen LogP contribution in [0.1, 0.15) is 20.8 Å². The van der Waals surface area contributed by atoms with Crippen LogP contribution in [0.25, 0.3) is 16.6 Å². The van der Waals surface area contributed by atoms with Crippen LogP contribution in [-0.4, -0.2) is 64.6 Å². The van der Waals surface area contributed by atoms with Crippen LogP contribution in [0.2, 0.25) is 0 Å². The second kappa shape index (κ2) is 7.98. The number of nitrogen functional groups attached to an aromatic ring is 1. The first-order valence-corrected chi connectivity index (χ1v) is 10.3. The summed E-state index contributed by atoms with van der Waals surface area (Å²) in [5.41, 5.74) is 7.35. The lowest BCUT2D eigenvalue weighted by atomic mass is 10.2. The fraction of sp³-hybridized carbons (Fsp3) is 0.409. The number of hydrogen-bond donors (Lipinski definition) is 1. The largest absolute Gasteiger partial charge is 0.497 e. The van der Waals surface area contributed by atoms with E-state index in [4.69, 9.17) is 15.2 Å². The summed E-state index contributed by atoms with van der Waals surface area (Å²) in [7, 11) is 1.63. The number of amides is 1.